The largest absolute Gasteiger partial charge is 0.456 e. The summed E-state index contributed by atoms with van der Waals surface area (Å²) in [6.45, 7) is 14.8. The zero-order chi connectivity index (χ0) is 24.0. The molecule has 7 nitrogen and oxygen atoms in total. The molecule has 0 saturated carbocycles. The molecule has 1 aromatic carbocycles. The van der Waals surface area contributed by atoms with Crippen molar-refractivity contribution in [1.82, 2.24) is 20.2 Å². The third-order valence-corrected chi connectivity index (χ3v) is 6.86. The van der Waals surface area contributed by atoms with Crippen molar-refractivity contribution < 1.29 is 9.21 Å². The predicted molar refractivity (Wildman–Crippen MR) is 131 cm³/mol. The first-order valence-corrected chi connectivity index (χ1v) is 11.1. The minimum Gasteiger partial charge on any atom is -0.456 e. The van der Waals surface area contributed by atoms with Crippen molar-refractivity contribution in [1.29, 1.82) is 0 Å². The monoisotopic (exact) mass is 445 g/mol. The summed E-state index contributed by atoms with van der Waals surface area (Å²) in [6.07, 6.45) is 0.650. The van der Waals surface area contributed by atoms with E-state index in [1.807, 2.05) is 33.0 Å². The van der Waals surface area contributed by atoms with Crippen molar-refractivity contribution in [3.63, 3.8) is 0 Å². The summed E-state index contributed by atoms with van der Waals surface area (Å²) in [6, 6.07) is 5.46. The molecular formula is C26H31N5O2. The van der Waals surface area contributed by atoms with Crippen LogP contribution in [0.5, 0.6) is 0 Å². The second-order valence-corrected chi connectivity index (χ2v) is 8.86. The van der Waals surface area contributed by atoms with Gasteiger partial charge in [-0.25, -0.2) is 4.98 Å². The molecule has 4 aromatic rings. The van der Waals surface area contributed by atoms with E-state index in [0.29, 0.717) is 12.2 Å². The van der Waals surface area contributed by atoms with Crippen LogP contribution in [0, 0.1) is 48.5 Å². The van der Waals surface area contributed by atoms with Gasteiger partial charge in [0.1, 0.15) is 11.6 Å². The molecule has 0 fully saturated rings. The molecule has 3 aromatic heterocycles. The van der Waals surface area contributed by atoms with Crippen LogP contribution in [-0.4, -0.2) is 20.7 Å². The van der Waals surface area contributed by atoms with Crippen LogP contribution in [0.3, 0.4) is 0 Å². The normalized spacial score (nSPS) is 11.3. The molecule has 0 aliphatic heterocycles. The molecule has 1 amide bonds. The van der Waals surface area contributed by atoms with E-state index in [4.69, 9.17) is 4.42 Å². The predicted octanol–water partition coefficient (Wildman–Crippen LogP) is 5.07. The minimum atomic E-state index is -0.355. The zero-order valence-electron chi connectivity index (χ0n) is 20.6. The average Bonchev–Trinajstić information content (AvgIpc) is 3.36. The Morgan fingerprint density at radius 2 is 1.61 bits per heavy atom. The van der Waals surface area contributed by atoms with Gasteiger partial charge >= 0.3 is 5.91 Å². The minimum absolute atomic E-state index is 0.252. The number of hydrogen-bond donors (Lipinski definition) is 2. The number of hydrazine groups is 1. The number of hydrogen-bond acceptors (Lipinski definition) is 5. The number of furan rings is 1. The van der Waals surface area contributed by atoms with Crippen molar-refractivity contribution in [2.24, 2.45) is 7.05 Å². The van der Waals surface area contributed by atoms with Crippen LogP contribution >= 0.6 is 0 Å². The van der Waals surface area contributed by atoms with Crippen LogP contribution < -0.4 is 10.9 Å². The number of aryl methyl sites for hydroxylation is 3. The zero-order valence-corrected chi connectivity index (χ0v) is 20.6. The van der Waals surface area contributed by atoms with Crippen LogP contribution in [0.2, 0.25) is 0 Å². The first kappa shape index (κ1) is 22.6. The number of fused-ring (bicyclic) bond motifs is 1. The molecule has 33 heavy (non-hydrogen) atoms. The lowest BCUT2D eigenvalue weighted by atomic mass is 9.88. The number of benzene rings is 1. The molecule has 0 radical (unpaired) electrons. The van der Waals surface area contributed by atoms with Gasteiger partial charge in [-0.15, -0.1) is 0 Å². The maximum absolute atomic E-state index is 12.7. The van der Waals surface area contributed by atoms with Crippen LogP contribution in [0.4, 0.5) is 5.82 Å². The molecule has 0 spiro atoms. The second kappa shape index (κ2) is 8.39. The van der Waals surface area contributed by atoms with Gasteiger partial charge in [0.25, 0.3) is 0 Å². The fraction of sp³-hybridized carbons (Fsp3) is 0.346. The fourth-order valence-corrected chi connectivity index (χ4v) is 4.52. The number of rotatable bonds is 5. The maximum atomic E-state index is 12.7. The third kappa shape index (κ3) is 3.99. The van der Waals surface area contributed by atoms with Gasteiger partial charge < -0.3 is 4.42 Å². The maximum Gasteiger partial charge on any atom is 0.305 e. The van der Waals surface area contributed by atoms with Gasteiger partial charge in [-0.05, 0) is 106 Å². The lowest BCUT2D eigenvalue weighted by molar-refractivity contribution is 0.0933. The van der Waals surface area contributed by atoms with Gasteiger partial charge in [0, 0.05) is 18.9 Å². The van der Waals surface area contributed by atoms with E-state index in [-0.39, 0.29) is 11.7 Å². The molecule has 0 bridgehead atoms. The number of anilines is 1. The van der Waals surface area contributed by atoms with Gasteiger partial charge in [-0.1, -0.05) is 0 Å². The number of carbonyl (C=O) groups is 1. The smallest absolute Gasteiger partial charge is 0.305 e. The molecule has 2 N–H and O–H groups in total. The number of aromatic nitrogens is 3. The summed E-state index contributed by atoms with van der Waals surface area (Å²) in [5, 5.41) is 5.45. The van der Waals surface area contributed by atoms with E-state index in [1.54, 1.807) is 10.7 Å². The lowest BCUT2D eigenvalue weighted by Gasteiger charge is -2.18. The Hall–Kier alpha value is -3.61. The average molecular weight is 446 g/mol. The van der Waals surface area contributed by atoms with Crippen LogP contribution in [0.25, 0.3) is 11.0 Å². The quantitative estimate of drug-likeness (QED) is 0.419. The molecule has 0 aliphatic carbocycles. The van der Waals surface area contributed by atoms with Gasteiger partial charge in [0.2, 0.25) is 0 Å². The topological polar surface area (TPSA) is 85.0 Å². The van der Waals surface area contributed by atoms with Gasteiger partial charge in [-0.3, -0.25) is 20.3 Å². The van der Waals surface area contributed by atoms with E-state index >= 15 is 0 Å². The molecule has 3 heterocycles. The highest BCUT2D eigenvalue weighted by Gasteiger charge is 2.17. The Morgan fingerprint density at radius 1 is 0.970 bits per heavy atom. The highest BCUT2D eigenvalue weighted by atomic mass is 16.4. The number of amides is 1. The van der Waals surface area contributed by atoms with Crippen molar-refractivity contribution in [3.8, 4) is 0 Å². The number of nitrogens with zero attached hydrogens (tertiary/aromatic N) is 3. The number of carbonyl (C=O) groups excluding carboxylic acids is 1. The van der Waals surface area contributed by atoms with E-state index in [0.717, 1.165) is 28.1 Å². The summed E-state index contributed by atoms with van der Waals surface area (Å²) >= 11 is 0. The van der Waals surface area contributed by atoms with Gasteiger partial charge in [-0.2, -0.15) is 5.10 Å². The lowest BCUT2D eigenvalue weighted by Crippen LogP contribution is -2.29. The first-order chi connectivity index (χ1) is 15.6. The van der Waals surface area contributed by atoms with Crippen molar-refractivity contribution in [3.05, 3.63) is 74.4 Å². The van der Waals surface area contributed by atoms with Gasteiger partial charge in [0.15, 0.2) is 11.4 Å². The Balaban J connectivity index is 1.49. The van der Waals surface area contributed by atoms with E-state index in [9.17, 15) is 4.79 Å². The van der Waals surface area contributed by atoms with Crippen molar-refractivity contribution in [2.45, 2.75) is 54.9 Å². The Labute approximate surface area is 194 Å². The number of pyridine rings is 1. The molecular weight excluding hydrogens is 414 g/mol. The Kier molecular flexibility index (Phi) is 5.74. The van der Waals surface area contributed by atoms with Crippen molar-refractivity contribution in [2.75, 3.05) is 5.43 Å². The summed E-state index contributed by atoms with van der Waals surface area (Å²) < 4.78 is 7.63. The molecule has 0 aliphatic rings. The first-order valence-electron chi connectivity index (χ1n) is 11.1. The van der Waals surface area contributed by atoms with E-state index in [2.05, 4.69) is 55.6 Å². The molecule has 0 unspecified atom stereocenters. The van der Waals surface area contributed by atoms with Gasteiger partial charge in [0.05, 0.1) is 5.69 Å². The highest BCUT2D eigenvalue weighted by Crippen LogP contribution is 2.28. The Bertz CT molecular complexity index is 1360. The van der Waals surface area contributed by atoms with Crippen LogP contribution in [-0.2, 0) is 13.5 Å². The molecule has 172 valence electrons. The molecule has 7 heteroatoms. The van der Waals surface area contributed by atoms with Crippen molar-refractivity contribution >= 4 is 22.8 Å². The summed E-state index contributed by atoms with van der Waals surface area (Å²) in [7, 11) is 1.86. The van der Waals surface area contributed by atoms with E-state index < -0.39 is 0 Å². The highest BCUT2D eigenvalue weighted by molar-refractivity contribution is 5.92. The molecule has 0 saturated heterocycles. The van der Waals surface area contributed by atoms with E-state index in [1.165, 1.54) is 33.4 Å². The van der Waals surface area contributed by atoms with Crippen LogP contribution in [0.1, 0.15) is 61.0 Å². The standard InChI is InChI=1S/C26H31N5O2/c1-13-11-23(27-25-24(13)19(7)30-31(25)8)28-29-26(32)22-10-9-20(33-22)12-21-17(5)15(3)14(2)16(4)18(21)6/h9-11H,12H2,1-8H3,(H,27,28)(H,29,32). The fourth-order valence-electron chi connectivity index (χ4n) is 4.52. The second-order valence-electron chi connectivity index (χ2n) is 8.86. The van der Waals surface area contributed by atoms with Crippen LogP contribution in [0.15, 0.2) is 22.6 Å². The summed E-state index contributed by atoms with van der Waals surface area (Å²) in [5.41, 5.74) is 16.1. The SMILES string of the molecule is Cc1c(C)c(C)c(Cc2ccc(C(=O)NNc3cc(C)c4c(C)nn(C)c4n3)o2)c(C)c1C. The summed E-state index contributed by atoms with van der Waals surface area (Å²) in [4.78, 5) is 17.2. The summed E-state index contributed by atoms with van der Waals surface area (Å²) in [5.74, 6) is 1.20. The molecule has 0 atom stereocenters. The third-order valence-electron chi connectivity index (χ3n) is 6.86. The Morgan fingerprint density at radius 3 is 2.27 bits per heavy atom. The molecule has 4 rings (SSSR count). The number of nitrogens with one attached hydrogen (secondary N) is 2.